The molecule has 1 amide bonds. The van der Waals surface area contributed by atoms with E-state index >= 15 is 0 Å². The summed E-state index contributed by atoms with van der Waals surface area (Å²) >= 11 is 9.48. The second kappa shape index (κ2) is 6.73. The predicted octanol–water partition coefficient (Wildman–Crippen LogP) is 3.74. The van der Waals surface area contributed by atoms with Gasteiger partial charge in [0, 0.05) is 24.2 Å². The lowest BCUT2D eigenvalue weighted by molar-refractivity contribution is 0.00724. The Labute approximate surface area is 127 Å². The van der Waals surface area contributed by atoms with Gasteiger partial charge in [-0.05, 0) is 38.0 Å². The van der Waals surface area contributed by atoms with Crippen LogP contribution >= 0.6 is 27.5 Å². The van der Waals surface area contributed by atoms with Gasteiger partial charge >= 0.3 is 0 Å². The van der Waals surface area contributed by atoms with E-state index in [1.165, 1.54) is 0 Å². The molecule has 5 heteroatoms. The number of likely N-dealkylation sites (tertiary alicyclic amines) is 1. The lowest BCUT2D eigenvalue weighted by Crippen LogP contribution is -2.43. The third-order valence-corrected chi connectivity index (χ3v) is 4.05. The van der Waals surface area contributed by atoms with E-state index in [9.17, 15) is 4.79 Å². The molecular formula is C14H17BrClNO2. The van der Waals surface area contributed by atoms with Crippen LogP contribution in [0.25, 0.3) is 0 Å². The minimum Gasteiger partial charge on any atom is -0.377 e. The predicted molar refractivity (Wildman–Crippen MR) is 79.7 cm³/mol. The smallest absolute Gasteiger partial charge is 0.255 e. The number of hydrogen-bond donors (Lipinski definition) is 0. The van der Waals surface area contributed by atoms with Gasteiger partial charge in [-0.3, -0.25) is 4.79 Å². The Bertz CT molecular complexity index is 465. The third-order valence-electron chi connectivity index (χ3n) is 3.23. The molecule has 1 aromatic carbocycles. The van der Waals surface area contributed by atoms with Gasteiger partial charge in [-0.15, -0.1) is 0 Å². The molecule has 19 heavy (non-hydrogen) atoms. The molecule has 0 aliphatic carbocycles. The maximum atomic E-state index is 12.5. The van der Waals surface area contributed by atoms with Crippen molar-refractivity contribution in [1.82, 2.24) is 4.90 Å². The number of rotatable bonds is 3. The van der Waals surface area contributed by atoms with Gasteiger partial charge in [0.1, 0.15) is 0 Å². The fourth-order valence-electron chi connectivity index (χ4n) is 2.33. The number of carbonyl (C=O) groups excluding carboxylic acids is 1. The summed E-state index contributed by atoms with van der Waals surface area (Å²) in [5.74, 6) is -0.0179. The molecule has 0 aromatic heterocycles. The van der Waals surface area contributed by atoms with Crippen LogP contribution in [0.1, 0.15) is 30.1 Å². The summed E-state index contributed by atoms with van der Waals surface area (Å²) in [6.45, 7) is 4.08. The molecule has 3 nitrogen and oxygen atoms in total. The van der Waals surface area contributed by atoms with Gasteiger partial charge in [0.25, 0.3) is 5.91 Å². The highest BCUT2D eigenvalue weighted by molar-refractivity contribution is 9.10. The van der Waals surface area contributed by atoms with Crippen molar-refractivity contribution in [3.05, 3.63) is 33.3 Å². The summed E-state index contributed by atoms with van der Waals surface area (Å²) in [5, 5.41) is 0.492. The van der Waals surface area contributed by atoms with Crippen molar-refractivity contribution in [2.45, 2.75) is 25.9 Å². The van der Waals surface area contributed by atoms with E-state index in [1.807, 2.05) is 17.9 Å². The normalized spacial score (nSPS) is 19.5. The van der Waals surface area contributed by atoms with Crippen LogP contribution in [0.5, 0.6) is 0 Å². The maximum absolute atomic E-state index is 12.5. The molecule has 0 N–H and O–H groups in total. The molecule has 0 saturated carbocycles. The fraction of sp³-hybridized carbons (Fsp3) is 0.500. The fourth-order valence-corrected chi connectivity index (χ4v) is 2.89. The van der Waals surface area contributed by atoms with E-state index < -0.39 is 0 Å². The second-order valence-corrected chi connectivity index (χ2v) is 5.92. The highest BCUT2D eigenvalue weighted by atomic mass is 79.9. The van der Waals surface area contributed by atoms with Crippen molar-refractivity contribution < 1.29 is 9.53 Å². The second-order valence-electron chi connectivity index (χ2n) is 4.59. The molecular weight excluding hydrogens is 330 g/mol. The number of halogens is 2. The summed E-state index contributed by atoms with van der Waals surface area (Å²) in [6, 6.07) is 5.34. The molecule has 0 spiro atoms. The zero-order chi connectivity index (χ0) is 13.8. The Morgan fingerprint density at radius 1 is 1.58 bits per heavy atom. The van der Waals surface area contributed by atoms with Crippen molar-refractivity contribution >= 4 is 33.4 Å². The molecule has 1 aliphatic heterocycles. The minimum atomic E-state index is -0.0179. The van der Waals surface area contributed by atoms with Crippen LogP contribution in [0, 0.1) is 0 Å². The van der Waals surface area contributed by atoms with Crippen LogP contribution in [-0.2, 0) is 4.74 Å². The number of nitrogens with zero attached hydrogens (tertiary/aromatic N) is 1. The Morgan fingerprint density at radius 2 is 2.37 bits per heavy atom. The van der Waals surface area contributed by atoms with Gasteiger partial charge < -0.3 is 9.64 Å². The molecule has 1 saturated heterocycles. The average molecular weight is 347 g/mol. The SMILES string of the molecule is CCOC1CCCN(C(=O)c2cc(Br)ccc2Cl)C1. The number of hydrogen-bond acceptors (Lipinski definition) is 2. The van der Waals surface area contributed by atoms with Crippen LogP contribution in [-0.4, -0.2) is 36.6 Å². The number of carbonyl (C=O) groups is 1. The summed E-state index contributed by atoms with van der Waals surface area (Å²) < 4.78 is 6.48. The summed E-state index contributed by atoms with van der Waals surface area (Å²) in [5.41, 5.74) is 0.549. The first kappa shape index (κ1) is 14.8. The minimum absolute atomic E-state index is 0.0179. The topological polar surface area (TPSA) is 29.5 Å². The molecule has 2 rings (SSSR count). The van der Waals surface area contributed by atoms with Crippen molar-refractivity contribution in [3.63, 3.8) is 0 Å². The van der Waals surface area contributed by atoms with Crippen molar-refractivity contribution in [2.24, 2.45) is 0 Å². The molecule has 0 bridgehead atoms. The molecule has 1 heterocycles. The first-order valence-electron chi connectivity index (χ1n) is 6.47. The standard InChI is InChI=1S/C14H17BrClNO2/c1-2-19-11-4-3-7-17(9-11)14(18)12-8-10(15)5-6-13(12)16/h5-6,8,11H,2-4,7,9H2,1H3. The van der Waals surface area contributed by atoms with Gasteiger partial charge in [0.2, 0.25) is 0 Å². The zero-order valence-electron chi connectivity index (χ0n) is 10.9. The van der Waals surface area contributed by atoms with E-state index in [2.05, 4.69) is 15.9 Å². The lowest BCUT2D eigenvalue weighted by Gasteiger charge is -2.32. The van der Waals surface area contributed by atoms with Crippen LogP contribution in [0.3, 0.4) is 0 Å². The Balaban J connectivity index is 2.12. The van der Waals surface area contributed by atoms with Crippen molar-refractivity contribution in [3.8, 4) is 0 Å². The van der Waals surface area contributed by atoms with Crippen LogP contribution in [0.15, 0.2) is 22.7 Å². The summed E-state index contributed by atoms with van der Waals surface area (Å²) in [7, 11) is 0. The number of piperidine rings is 1. The molecule has 1 fully saturated rings. The van der Waals surface area contributed by atoms with E-state index in [1.54, 1.807) is 12.1 Å². The highest BCUT2D eigenvalue weighted by Gasteiger charge is 2.25. The maximum Gasteiger partial charge on any atom is 0.255 e. The zero-order valence-corrected chi connectivity index (χ0v) is 13.2. The number of ether oxygens (including phenoxy) is 1. The van der Waals surface area contributed by atoms with Crippen LogP contribution in [0.4, 0.5) is 0 Å². The Kier molecular flexibility index (Phi) is 5.25. The average Bonchev–Trinajstić information content (AvgIpc) is 2.41. The van der Waals surface area contributed by atoms with Crippen molar-refractivity contribution in [1.29, 1.82) is 0 Å². The van der Waals surface area contributed by atoms with Crippen LogP contribution < -0.4 is 0 Å². The molecule has 1 unspecified atom stereocenters. The quantitative estimate of drug-likeness (QED) is 0.834. The van der Waals surface area contributed by atoms with E-state index in [4.69, 9.17) is 16.3 Å². The molecule has 1 aliphatic rings. The van der Waals surface area contributed by atoms with Gasteiger partial charge in [0.15, 0.2) is 0 Å². The Hall–Kier alpha value is -0.580. The molecule has 104 valence electrons. The van der Waals surface area contributed by atoms with Gasteiger partial charge in [-0.25, -0.2) is 0 Å². The molecule has 0 radical (unpaired) electrons. The largest absolute Gasteiger partial charge is 0.377 e. The number of amides is 1. The molecule has 1 aromatic rings. The lowest BCUT2D eigenvalue weighted by atomic mass is 10.1. The van der Waals surface area contributed by atoms with Gasteiger partial charge in [-0.2, -0.15) is 0 Å². The Morgan fingerprint density at radius 3 is 3.11 bits per heavy atom. The van der Waals surface area contributed by atoms with Gasteiger partial charge in [0.05, 0.1) is 16.7 Å². The van der Waals surface area contributed by atoms with Crippen LogP contribution in [0.2, 0.25) is 5.02 Å². The third kappa shape index (κ3) is 3.71. The van der Waals surface area contributed by atoms with E-state index in [0.29, 0.717) is 23.7 Å². The number of benzene rings is 1. The van der Waals surface area contributed by atoms with Gasteiger partial charge in [-0.1, -0.05) is 27.5 Å². The first-order valence-corrected chi connectivity index (χ1v) is 7.65. The first-order chi connectivity index (χ1) is 9.11. The monoisotopic (exact) mass is 345 g/mol. The van der Waals surface area contributed by atoms with E-state index in [0.717, 1.165) is 23.9 Å². The molecule has 1 atom stereocenters. The highest BCUT2D eigenvalue weighted by Crippen LogP contribution is 2.24. The van der Waals surface area contributed by atoms with E-state index in [-0.39, 0.29) is 12.0 Å². The summed E-state index contributed by atoms with van der Waals surface area (Å²) in [4.78, 5) is 14.3. The summed E-state index contributed by atoms with van der Waals surface area (Å²) in [6.07, 6.45) is 2.14. The van der Waals surface area contributed by atoms with Crippen molar-refractivity contribution in [2.75, 3.05) is 19.7 Å².